The molecule has 0 unspecified atom stereocenters. The van der Waals surface area contributed by atoms with Gasteiger partial charge in [0.2, 0.25) is 0 Å². The third-order valence-corrected chi connectivity index (χ3v) is 5.20. The number of carbonyl (C=O) groups excluding carboxylic acids is 2. The molecular formula is C21H21NO3S. The molecule has 0 atom stereocenters. The Bertz CT molecular complexity index is 888. The molecule has 1 fully saturated rings. The van der Waals surface area contributed by atoms with Gasteiger partial charge in [0, 0.05) is 0 Å². The van der Waals surface area contributed by atoms with Crippen LogP contribution in [0.5, 0.6) is 5.75 Å². The number of anilines is 1. The van der Waals surface area contributed by atoms with Gasteiger partial charge in [0.1, 0.15) is 5.75 Å². The van der Waals surface area contributed by atoms with Gasteiger partial charge < -0.3 is 4.74 Å². The van der Waals surface area contributed by atoms with E-state index < -0.39 is 0 Å². The molecule has 0 N–H and O–H groups in total. The SMILES string of the molecule is COc1cc(C)c(/C=C2\SC(=O)N(c3ccccc3)C2=O)cc1C(C)C. The van der Waals surface area contributed by atoms with E-state index in [1.807, 2.05) is 37.3 Å². The summed E-state index contributed by atoms with van der Waals surface area (Å²) in [7, 11) is 1.66. The molecule has 0 saturated carbocycles. The number of hydrogen-bond donors (Lipinski definition) is 0. The largest absolute Gasteiger partial charge is 0.496 e. The maximum atomic E-state index is 12.8. The lowest BCUT2D eigenvalue weighted by Crippen LogP contribution is -2.27. The number of carbonyl (C=O) groups is 2. The van der Waals surface area contributed by atoms with Crippen LogP contribution in [0.3, 0.4) is 0 Å². The van der Waals surface area contributed by atoms with Gasteiger partial charge in [-0.15, -0.1) is 0 Å². The van der Waals surface area contributed by atoms with Crippen LogP contribution in [0.15, 0.2) is 47.4 Å². The van der Waals surface area contributed by atoms with Crippen LogP contribution in [0.2, 0.25) is 0 Å². The molecule has 1 heterocycles. The third kappa shape index (κ3) is 3.40. The average molecular weight is 367 g/mol. The summed E-state index contributed by atoms with van der Waals surface area (Å²) < 4.78 is 5.47. The molecule has 2 aromatic carbocycles. The summed E-state index contributed by atoms with van der Waals surface area (Å²) in [5.74, 6) is 0.844. The summed E-state index contributed by atoms with van der Waals surface area (Å²) in [6.07, 6.45) is 1.80. The molecule has 2 aromatic rings. The van der Waals surface area contributed by atoms with Crippen molar-refractivity contribution < 1.29 is 14.3 Å². The highest BCUT2D eigenvalue weighted by atomic mass is 32.2. The maximum absolute atomic E-state index is 12.8. The normalized spacial score (nSPS) is 16.0. The van der Waals surface area contributed by atoms with Crippen molar-refractivity contribution in [3.8, 4) is 5.75 Å². The molecule has 4 nitrogen and oxygen atoms in total. The first-order valence-corrected chi connectivity index (χ1v) is 9.25. The molecule has 1 aliphatic heterocycles. The first kappa shape index (κ1) is 18.3. The van der Waals surface area contributed by atoms with Crippen LogP contribution < -0.4 is 9.64 Å². The monoisotopic (exact) mass is 367 g/mol. The Morgan fingerprint density at radius 3 is 2.42 bits per heavy atom. The van der Waals surface area contributed by atoms with E-state index in [9.17, 15) is 9.59 Å². The summed E-state index contributed by atoms with van der Waals surface area (Å²) in [4.78, 5) is 26.8. The minimum Gasteiger partial charge on any atom is -0.496 e. The molecule has 2 amide bonds. The number of ether oxygens (including phenoxy) is 1. The minimum absolute atomic E-state index is 0.275. The van der Waals surface area contributed by atoms with Crippen molar-refractivity contribution in [1.82, 2.24) is 0 Å². The molecule has 0 aromatic heterocycles. The quantitative estimate of drug-likeness (QED) is 0.682. The Morgan fingerprint density at radius 1 is 1.12 bits per heavy atom. The first-order valence-electron chi connectivity index (χ1n) is 8.44. The van der Waals surface area contributed by atoms with E-state index in [0.29, 0.717) is 10.6 Å². The molecule has 0 spiro atoms. The Kier molecular flexibility index (Phi) is 5.18. The van der Waals surface area contributed by atoms with Crippen molar-refractivity contribution >= 4 is 34.7 Å². The minimum atomic E-state index is -0.285. The fourth-order valence-electron chi connectivity index (χ4n) is 2.91. The van der Waals surface area contributed by atoms with Gasteiger partial charge >= 0.3 is 0 Å². The van der Waals surface area contributed by atoms with Gasteiger partial charge in [0.25, 0.3) is 11.1 Å². The number of benzene rings is 2. The van der Waals surface area contributed by atoms with E-state index in [-0.39, 0.29) is 17.1 Å². The number of para-hydroxylation sites is 1. The highest BCUT2D eigenvalue weighted by Gasteiger charge is 2.36. The number of imide groups is 1. The molecule has 1 saturated heterocycles. The summed E-state index contributed by atoms with van der Waals surface area (Å²) in [6, 6.07) is 13.0. The van der Waals surface area contributed by atoms with Gasteiger partial charge in [-0.2, -0.15) is 0 Å². The second kappa shape index (κ2) is 7.38. The van der Waals surface area contributed by atoms with Gasteiger partial charge in [-0.25, -0.2) is 4.90 Å². The summed E-state index contributed by atoms with van der Waals surface area (Å²) in [5, 5.41) is -0.275. The van der Waals surface area contributed by atoms with E-state index in [2.05, 4.69) is 13.8 Å². The van der Waals surface area contributed by atoms with Gasteiger partial charge in [-0.05, 0) is 71.6 Å². The van der Waals surface area contributed by atoms with Crippen LogP contribution in [0.25, 0.3) is 6.08 Å². The lowest BCUT2D eigenvalue weighted by Gasteiger charge is -2.15. The number of thioether (sulfide) groups is 1. The number of methoxy groups -OCH3 is 1. The van der Waals surface area contributed by atoms with Gasteiger partial charge in [0.05, 0.1) is 17.7 Å². The van der Waals surface area contributed by atoms with Crippen LogP contribution in [0.4, 0.5) is 10.5 Å². The van der Waals surface area contributed by atoms with Crippen molar-refractivity contribution in [2.75, 3.05) is 12.0 Å². The number of hydrogen-bond acceptors (Lipinski definition) is 4. The zero-order valence-corrected chi connectivity index (χ0v) is 16.1. The van der Waals surface area contributed by atoms with E-state index in [1.54, 1.807) is 25.3 Å². The van der Waals surface area contributed by atoms with Crippen molar-refractivity contribution in [2.24, 2.45) is 0 Å². The smallest absolute Gasteiger partial charge is 0.298 e. The highest BCUT2D eigenvalue weighted by molar-refractivity contribution is 8.19. The van der Waals surface area contributed by atoms with Crippen LogP contribution in [-0.2, 0) is 4.79 Å². The number of aryl methyl sites for hydroxylation is 1. The fraction of sp³-hybridized carbons (Fsp3) is 0.238. The zero-order valence-electron chi connectivity index (χ0n) is 15.3. The Morgan fingerprint density at radius 2 is 1.81 bits per heavy atom. The summed E-state index contributed by atoms with van der Waals surface area (Å²) >= 11 is 0.972. The van der Waals surface area contributed by atoms with E-state index >= 15 is 0 Å². The predicted molar refractivity (Wildman–Crippen MR) is 107 cm³/mol. The molecule has 0 radical (unpaired) electrons. The van der Waals surface area contributed by atoms with E-state index in [1.165, 1.54) is 4.90 Å². The third-order valence-electron chi connectivity index (χ3n) is 4.34. The molecule has 134 valence electrons. The van der Waals surface area contributed by atoms with Crippen molar-refractivity contribution in [1.29, 1.82) is 0 Å². The first-order chi connectivity index (χ1) is 12.4. The van der Waals surface area contributed by atoms with E-state index in [0.717, 1.165) is 34.2 Å². The molecule has 3 rings (SSSR count). The van der Waals surface area contributed by atoms with Gasteiger partial charge in [-0.3, -0.25) is 9.59 Å². The van der Waals surface area contributed by atoms with Crippen LogP contribution in [-0.4, -0.2) is 18.3 Å². The van der Waals surface area contributed by atoms with Gasteiger partial charge in [0.15, 0.2) is 0 Å². The summed E-state index contributed by atoms with van der Waals surface area (Å²) in [6.45, 7) is 6.17. The van der Waals surface area contributed by atoms with Crippen LogP contribution in [0, 0.1) is 6.92 Å². The molecule has 5 heteroatoms. The molecule has 0 bridgehead atoms. The number of nitrogens with zero attached hydrogens (tertiary/aromatic N) is 1. The number of rotatable bonds is 4. The van der Waals surface area contributed by atoms with Crippen molar-refractivity contribution in [3.63, 3.8) is 0 Å². The number of amides is 2. The Balaban J connectivity index is 2.00. The van der Waals surface area contributed by atoms with Crippen molar-refractivity contribution in [2.45, 2.75) is 26.7 Å². The molecule has 0 aliphatic carbocycles. The average Bonchev–Trinajstić information content (AvgIpc) is 2.90. The Hall–Kier alpha value is -2.53. The van der Waals surface area contributed by atoms with Crippen molar-refractivity contribution in [3.05, 3.63) is 64.1 Å². The molecular weight excluding hydrogens is 346 g/mol. The topological polar surface area (TPSA) is 46.6 Å². The second-order valence-electron chi connectivity index (χ2n) is 6.46. The van der Waals surface area contributed by atoms with Gasteiger partial charge in [-0.1, -0.05) is 32.0 Å². The zero-order chi connectivity index (χ0) is 18.8. The highest BCUT2D eigenvalue weighted by Crippen LogP contribution is 2.37. The second-order valence-corrected chi connectivity index (χ2v) is 7.45. The fourth-order valence-corrected chi connectivity index (χ4v) is 3.74. The lowest BCUT2D eigenvalue weighted by molar-refractivity contribution is -0.113. The lowest BCUT2D eigenvalue weighted by atomic mass is 9.96. The standard InChI is InChI=1S/C21H21NO3S/c1-13(2)17-11-15(14(3)10-18(17)25-4)12-19-20(23)22(21(24)26-19)16-8-6-5-7-9-16/h5-13H,1-4H3/b19-12-. The van der Waals surface area contributed by atoms with Crippen LogP contribution in [0.1, 0.15) is 36.5 Å². The maximum Gasteiger partial charge on any atom is 0.298 e. The predicted octanol–water partition coefficient (Wildman–Crippen LogP) is 5.37. The van der Waals surface area contributed by atoms with E-state index in [4.69, 9.17) is 4.74 Å². The molecule has 26 heavy (non-hydrogen) atoms. The Labute approximate surface area is 157 Å². The summed E-state index contributed by atoms with van der Waals surface area (Å²) in [5.41, 5.74) is 3.59. The molecule has 1 aliphatic rings. The van der Waals surface area contributed by atoms with Crippen LogP contribution >= 0.6 is 11.8 Å².